The van der Waals surface area contributed by atoms with Crippen LogP contribution in [0.3, 0.4) is 0 Å². The van der Waals surface area contributed by atoms with Gasteiger partial charge in [-0.3, -0.25) is 14.5 Å². The first-order valence-corrected chi connectivity index (χ1v) is 12.8. The van der Waals surface area contributed by atoms with Crippen molar-refractivity contribution in [3.8, 4) is 5.75 Å². The Morgan fingerprint density at radius 1 is 1.14 bits per heavy atom. The average molecular weight is 526 g/mol. The Hall–Kier alpha value is -3.36. The van der Waals surface area contributed by atoms with Gasteiger partial charge in [-0.25, -0.2) is 9.38 Å². The van der Waals surface area contributed by atoms with Crippen LogP contribution in [0.4, 0.5) is 15.8 Å². The summed E-state index contributed by atoms with van der Waals surface area (Å²) < 4.78 is 18.8. The van der Waals surface area contributed by atoms with Gasteiger partial charge in [0.2, 0.25) is 11.8 Å². The average Bonchev–Trinajstić information content (AvgIpc) is 3.14. The quantitative estimate of drug-likeness (QED) is 0.367. The van der Waals surface area contributed by atoms with E-state index in [0.717, 1.165) is 5.56 Å². The number of benzene rings is 3. The molecule has 1 N–H and O–H groups in total. The van der Waals surface area contributed by atoms with E-state index in [1.165, 1.54) is 23.9 Å². The summed E-state index contributed by atoms with van der Waals surface area (Å²) >= 11 is 7.25. The predicted octanol–water partition coefficient (Wildman–Crippen LogP) is 6.08. The van der Waals surface area contributed by atoms with Gasteiger partial charge in [0.15, 0.2) is 5.17 Å². The van der Waals surface area contributed by atoms with E-state index in [0.29, 0.717) is 46.9 Å². The van der Waals surface area contributed by atoms with Crippen molar-refractivity contribution < 1.29 is 18.7 Å². The molecule has 0 bridgehead atoms. The molecule has 1 atom stereocenters. The fourth-order valence-electron chi connectivity index (χ4n) is 3.66. The zero-order valence-corrected chi connectivity index (χ0v) is 21.2. The lowest BCUT2D eigenvalue weighted by atomic mass is 10.1. The fraction of sp³-hybridized carbons (Fsp3) is 0.222. The summed E-state index contributed by atoms with van der Waals surface area (Å²) in [4.78, 5) is 32.3. The summed E-state index contributed by atoms with van der Waals surface area (Å²) in [6, 6.07) is 20.3. The standard InChI is InChI=1S/C27H25ClFN3O3S/c1-2-35-23-5-3-4-22(16-23)30-25(33)17-24-26(34)32(15-14-18-6-10-20(29)11-7-18)27(36-24)31-21-12-8-19(28)9-13-21/h3-13,16,24H,2,14-15,17H2,1H3,(H,30,33)/t24-/m0/s1. The Balaban J connectivity index is 1.48. The number of carbonyl (C=O) groups excluding carboxylic acids is 2. The summed E-state index contributed by atoms with van der Waals surface area (Å²) in [6.07, 6.45) is 0.518. The largest absolute Gasteiger partial charge is 0.494 e. The first kappa shape index (κ1) is 25.7. The second-order valence-electron chi connectivity index (χ2n) is 8.06. The number of amidine groups is 1. The summed E-state index contributed by atoms with van der Waals surface area (Å²) in [6.45, 7) is 2.77. The number of thioether (sulfide) groups is 1. The smallest absolute Gasteiger partial charge is 0.242 e. The SMILES string of the molecule is CCOc1cccc(NC(=O)C[C@@H]2SC(=Nc3ccc(Cl)cc3)N(CCc3ccc(F)cc3)C2=O)c1. The molecule has 0 radical (unpaired) electrons. The van der Waals surface area contributed by atoms with Crippen molar-refractivity contribution in [2.45, 2.75) is 25.0 Å². The molecule has 36 heavy (non-hydrogen) atoms. The Bertz CT molecular complexity index is 1250. The third kappa shape index (κ3) is 6.86. The number of halogens is 2. The van der Waals surface area contributed by atoms with E-state index in [9.17, 15) is 14.0 Å². The van der Waals surface area contributed by atoms with Gasteiger partial charge in [-0.1, -0.05) is 41.6 Å². The molecule has 1 saturated heterocycles. The molecular weight excluding hydrogens is 501 g/mol. The van der Waals surface area contributed by atoms with Crippen molar-refractivity contribution in [3.05, 3.63) is 89.2 Å². The van der Waals surface area contributed by atoms with E-state index >= 15 is 0 Å². The predicted molar refractivity (Wildman–Crippen MR) is 143 cm³/mol. The topological polar surface area (TPSA) is 71.0 Å². The summed E-state index contributed by atoms with van der Waals surface area (Å²) in [5.74, 6) is -0.117. The Labute approximate surface area is 218 Å². The maximum Gasteiger partial charge on any atom is 0.242 e. The summed E-state index contributed by atoms with van der Waals surface area (Å²) in [5, 5.41) is 3.33. The van der Waals surface area contributed by atoms with E-state index in [4.69, 9.17) is 16.3 Å². The molecule has 3 aromatic carbocycles. The zero-order chi connectivity index (χ0) is 25.5. The Morgan fingerprint density at radius 3 is 2.61 bits per heavy atom. The lowest BCUT2D eigenvalue weighted by Crippen LogP contribution is -2.35. The van der Waals surface area contributed by atoms with Gasteiger partial charge in [-0.05, 0) is 67.4 Å². The minimum absolute atomic E-state index is 0.00491. The van der Waals surface area contributed by atoms with Crippen molar-refractivity contribution in [2.24, 2.45) is 4.99 Å². The molecule has 0 spiro atoms. The maximum atomic E-state index is 13.3. The third-order valence-corrected chi connectivity index (χ3v) is 6.84. The highest BCUT2D eigenvalue weighted by atomic mass is 35.5. The van der Waals surface area contributed by atoms with Gasteiger partial charge in [-0.15, -0.1) is 0 Å². The first-order chi connectivity index (χ1) is 17.4. The second-order valence-corrected chi connectivity index (χ2v) is 9.66. The van der Waals surface area contributed by atoms with Crippen LogP contribution in [0.1, 0.15) is 18.9 Å². The van der Waals surface area contributed by atoms with Crippen LogP contribution in [0.5, 0.6) is 5.75 Å². The second kappa shape index (κ2) is 12.1. The highest BCUT2D eigenvalue weighted by Gasteiger charge is 2.39. The van der Waals surface area contributed by atoms with Crippen LogP contribution in [-0.4, -0.2) is 40.3 Å². The van der Waals surface area contributed by atoms with Crippen LogP contribution in [0.15, 0.2) is 77.8 Å². The van der Waals surface area contributed by atoms with E-state index in [2.05, 4.69) is 10.3 Å². The first-order valence-electron chi connectivity index (χ1n) is 11.5. The molecule has 1 aliphatic heterocycles. The van der Waals surface area contributed by atoms with Crippen LogP contribution in [-0.2, 0) is 16.0 Å². The molecule has 0 aliphatic carbocycles. The zero-order valence-electron chi connectivity index (χ0n) is 19.6. The molecule has 0 saturated carbocycles. The minimum atomic E-state index is -0.612. The molecule has 1 aliphatic rings. The molecule has 6 nitrogen and oxygen atoms in total. The van der Waals surface area contributed by atoms with Gasteiger partial charge >= 0.3 is 0 Å². The van der Waals surface area contributed by atoms with Crippen molar-refractivity contribution in [1.82, 2.24) is 4.90 Å². The van der Waals surface area contributed by atoms with Crippen molar-refractivity contribution >= 4 is 51.7 Å². The van der Waals surface area contributed by atoms with Crippen LogP contribution in [0, 0.1) is 5.82 Å². The van der Waals surface area contributed by atoms with E-state index in [1.807, 2.05) is 13.0 Å². The molecule has 1 heterocycles. The number of hydrogen-bond acceptors (Lipinski definition) is 5. The lowest BCUT2D eigenvalue weighted by Gasteiger charge is -2.16. The number of anilines is 1. The highest BCUT2D eigenvalue weighted by molar-refractivity contribution is 8.15. The molecule has 186 valence electrons. The highest BCUT2D eigenvalue weighted by Crippen LogP contribution is 2.32. The number of carbonyl (C=O) groups is 2. The van der Waals surface area contributed by atoms with Gasteiger partial charge in [0.05, 0.1) is 12.3 Å². The Morgan fingerprint density at radius 2 is 1.89 bits per heavy atom. The normalized spacial score (nSPS) is 16.4. The van der Waals surface area contributed by atoms with Crippen molar-refractivity contribution in [1.29, 1.82) is 0 Å². The third-order valence-electron chi connectivity index (χ3n) is 5.41. The monoisotopic (exact) mass is 525 g/mol. The van der Waals surface area contributed by atoms with Crippen molar-refractivity contribution in [2.75, 3.05) is 18.5 Å². The number of aliphatic imine (C=N–C) groups is 1. The molecule has 4 rings (SSSR count). The Kier molecular flexibility index (Phi) is 8.61. The maximum absolute atomic E-state index is 13.3. The molecule has 0 unspecified atom stereocenters. The van der Waals surface area contributed by atoms with E-state index in [-0.39, 0.29) is 24.1 Å². The number of amides is 2. The molecular formula is C27H25ClFN3O3S. The van der Waals surface area contributed by atoms with Gasteiger partial charge in [0.25, 0.3) is 0 Å². The number of rotatable bonds is 9. The van der Waals surface area contributed by atoms with E-state index in [1.54, 1.807) is 59.5 Å². The number of nitrogens with zero attached hydrogens (tertiary/aromatic N) is 2. The molecule has 2 amide bonds. The number of ether oxygens (including phenoxy) is 1. The minimum Gasteiger partial charge on any atom is -0.494 e. The van der Waals surface area contributed by atoms with Gasteiger partial charge in [0.1, 0.15) is 16.8 Å². The molecule has 1 fully saturated rings. The summed E-state index contributed by atoms with van der Waals surface area (Å²) in [7, 11) is 0. The van der Waals surface area contributed by atoms with Crippen LogP contribution in [0.25, 0.3) is 0 Å². The van der Waals surface area contributed by atoms with Crippen LogP contribution < -0.4 is 10.1 Å². The van der Waals surface area contributed by atoms with Gasteiger partial charge in [-0.2, -0.15) is 0 Å². The van der Waals surface area contributed by atoms with Gasteiger partial charge in [0, 0.05) is 29.7 Å². The number of nitrogens with one attached hydrogen (secondary N) is 1. The van der Waals surface area contributed by atoms with Crippen molar-refractivity contribution in [3.63, 3.8) is 0 Å². The number of hydrogen-bond donors (Lipinski definition) is 1. The van der Waals surface area contributed by atoms with E-state index < -0.39 is 5.25 Å². The van der Waals surface area contributed by atoms with Gasteiger partial charge < -0.3 is 10.1 Å². The lowest BCUT2D eigenvalue weighted by molar-refractivity contribution is -0.128. The molecule has 9 heteroatoms. The van der Waals surface area contributed by atoms with Crippen LogP contribution >= 0.6 is 23.4 Å². The molecule has 3 aromatic rings. The summed E-state index contributed by atoms with van der Waals surface area (Å²) in [5.41, 5.74) is 2.15. The van der Waals surface area contributed by atoms with Crippen LogP contribution in [0.2, 0.25) is 5.02 Å². The molecule has 0 aromatic heterocycles. The fourth-order valence-corrected chi connectivity index (χ4v) is 4.97.